The number of carbonyl (C=O) groups excluding carboxylic acids is 1. The Labute approximate surface area is 155 Å². The average Bonchev–Trinajstić information content (AvgIpc) is 2.72. The number of ether oxygens (including phenoxy) is 3. The molecule has 0 radical (unpaired) electrons. The van der Waals surface area contributed by atoms with E-state index >= 15 is 0 Å². The second-order valence-corrected chi connectivity index (χ2v) is 6.11. The van der Waals surface area contributed by atoms with Gasteiger partial charge in [0, 0.05) is 6.54 Å². The summed E-state index contributed by atoms with van der Waals surface area (Å²) in [5.41, 5.74) is 0.978. The van der Waals surface area contributed by atoms with Gasteiger partial charge in [-0.25, -0.2) is 9.78 Å². The van der Waals surface area contributed by atoms with Crippen molar-refractivity contribution in [3.63, 3.8) is 0 Å². The molecule has 0 saturated heterocycles. The second-order valence-electron chi connectivity index (χ2n) is 6.11. The largest absolute Gasteiger partial charge is 0.486 e. The van der Waals surface area contributed by atoms with E-state index in [4.69, 9.17) is 14.2 Å². The predicted octanol–water partition coefficient (Wildman–Crippen LogP) is 2.41. The van der Waals surface area contributed by atoms with Crippen LogP contribution in [0.5, 0.6) is 11.5 Å². The van der Waals surface area contributed by atoms with Crippen LogP contribution >= 0.6 is 0 Å². The van der Waals surface area contributed by atoms with E-state index in [0.29, 0.717) is 54.1 Å². The fourth-order valence-electron chi connectivity index (χ4n) is 2.92. The van der Waals surface area contributed by atoms with Crippen molar-refractivity contribution >= 4 is 16.9 Å². The second kappa shape index (κ2) is 7.49. The van der Waals surface area contributed by atoms with Crippen molar-refractivity contribution in [1.29, 1.82) is 0 Å². The molecule has 138 valence electrons. The summed E-state index contributed by atoms with van der Waals surface area (Å²) in [6.45, 7) is 1.58. The average molecular weight is 366 g/mol. The van der Waals surface area contributed by atoms with Crippen LogP contribution in [0.1, 0.15) is 16.8 Å². The van der Waals surface area contributed by atoms with Crippen molar-refractivity contribution in [2.24, 2.45) is 0 Å². The molecule has 2 aromatic carbocycles. The summed E-state index contributed by atoms with van der Waals surface area (Å²) in [5, 5.41) is 0.577. The minimum atomic E-state index is -0.434. The zero-order valence-corrected chi connectivity index (χ0v) is 14.6. The molecule has 0 amide bonds. The normalized spacial score (nSPS) is 12.7. The smallest absolute Gasteiger partial charge is 0.338 e. The summed E-state index contributed by atoms with van der Waals surface area (Å²) in [6, 6.07) is 12.2. The van der Waals surface area contributed by atoms with E-state index in [1.165, 1.54) is 10.9 Å². The molecule has 1 aliphatic heterocycles. The van der Waals surface area contributed by atoms with Crippen LogP contribution in [0.25, 0.3) is 10.9 Å². The van der Waals surface area contributed by atoms with E-state index in [1.807, 2.05) is 12.1 Å². The number of fused-ring (bicyclic) bond motifs is 2. The minimum Gasteiger partial charge on any atom is -0.486 e. The lowest BCUT2D eigenvalue weighted by Gasteiger charge is -2.18. The van der Waals surface area contributed by atoms with Crippen molar-refractivity contribution in [2.75, 3.05) is 19.8 Å². The summed E-state index contributed by atoms with van der Waals surface area (Å²) >= 11 is 0. The van der Waals surface area contributed by atoms with Gasteiger partial charge < -0.3 is 14.2 Å². The number of esters is 1. The Morgan fingerprint density at radius 2 is 1.93 bits per heavy atom. The highest BCUT2D eigenvalue weighted by molar-refractivity contribution is 5.90. The number of carbonyl (C=O) groups is 1. The Balaban J connectivity index is 1.34. The van der Waals surface area contributed by atoms with E-state index in [0.717, 1.165) is 0 Å². The first-order chi connectivity index (χ1) is 13.2. The van der Waals surface area contributed by atoms with E-state index in [-0.39, 0.29) is 12.2 Å². The van der Waals surface area contributed by atoms with Gasteiger partial charge in [-0.3, -0.25) is 9.36 Å². The van der Waals surface area contributed by atoms with Crippen molar-refractivity contribution in [2.45, 2.75) is 13.0 Å². The lowest BCUT2D eigenvalue weighted by molar-refractivity contribution is 0.0494. The number of hydrogen-bond donors (Lipinski definition) is 0. The van der Waals surface area contributed by atoms with Crippen molar-refractivity contribution in [3.05, 3.63) is 64.7 Å². The van der Waals surface area contributed by atoms with Gasteiger partial charge in [0.25, 0.3) is 5.56 Å². The molecule has 0 aliphatic carbocycles. The third-order valence-electron chi connectivity index (χ3n) is 4.29. The van der Waals surface area contributed by atoms with Gasteiger partial charge in [0.1, 0.15) is 13.2 Å². The fourth-order valence-corrected chi connectivity index (χ4v) is 2.92. The van der Waals surface area contributed by atoms with Gasteiger partial charge >= 0.3 is 5.97 Å². The molecule has 1 aromatic heterocycles. The van der Waals surface area contributed by atoms with Crippen LogP contribution in [-0.4, -0.2) is 35.3 Å². The van der Waals surface area contributed by atoms with Crippen LogP contribution in [0.3, 0.4) is 0 Å². The summed E-state index contributed by atoms with van der Waals surface area (Å²) in [6.07, 6.45) is 2.03. The number of nitrogens with zero attached hydrogens (tertiary/aromatic N) is 2. The van der Waals surface area contributed by atoms with Crippen LogP contribution in [0.2, 0.25) is 0 Å². The molecule has 0 saturated carbocycles. The van der Waals surface area contributed by atoms with Crippen LogP contribution in [-0.2, 0) is 11.3 Å². The van der Waals surface area contributed by atoms with E-state index in [1.54, 1.807) is 30.3 Å². The molecule has 0 fully saturated rings. The molecule has 0 spiro atoms. The molecular weight excluding hydrogens is 348 g/mol. The summed E-state index contributed by atoms with van der Waals surface area (Å²) in [7, 11) is 0. The molecule has 2 heterocycles. The maximum atomic E-state index is 12.4. The Kier molecular flexibility index (Phi) is 4.74. The molecule has 0 unspecified atom stereocenters. The Morgan fingerprint density at radius 3 is 2.81 bits per heavy atom. The maximum absolute atomic E-state index is 12.4. The minimum absolute atomic E-state index is 0.0984. The van der Waals surface area contributed by atoms with Crippen molar-refractivity contribution < 1.29 is 19.0 Å². The zero-order chi connectivity index (χ0) is 18.6. The third kappa shape index (κ3) is 3.62. The summed E-state index contributed by atoms with van der Waals surface area (Å²) < 4.78 is 17.7. The predicted molar refractivity (Wildman–Crippen MR) is 98.3 cm³/mol. The van der Waals surface area contributed by atoms with Crippen LogP contribution in [0.4, 0.5) is 0 Å². The lowest BCUT2D eigenvalue weighted by atomic mass is 10.2. The van der Waals surface area contributed by atoms with Crippen LogP contribution in [0.15, 0.2) is 53.6 Å². The molecule has 7 nitrogen and oxygen atoms in total. The number of aromatic nitrogens is 2. The standard InChI is InChI=1S/C20H18N2O5/c23-19-15-4-1-2-5-16(15)21-13-22(19)8-3-9-27-20(24)14-6-7-17-18(12-14)26-11-10-25-17/h1-2,4-7,12-13H,3,8-11H2. The molecular formula is C20H18N2O5. The molecule has 7 heteroatoms. The monoisotopic (exact) mass is 366 g/mol. The molecule has 0 bridgehead atoms. The molecule has 4 rings (SSSR count). The Morgan fingerprint density at radius 1 is 1.11 bits per heavy atom. The highest BCUT2D eigenvalue weighted by atomic mass is 16.6. The van der Waals surface area contributed by atoms with Gasteiger partial charge in [-0.05, 0) is 36.8 Å². The Hall–Kier alpha value is -3.35. The molecule has 0 N–H and O–H groups in total. The Bertz CT molecular complexity index is 1040. The first-order valence-electron chi connectivity index (χ1n) is 8.73. The summed E-state index contributed by atoms with van der Waals surface area (Å²) in [5.74, 6) is 0.737. The maximum Gasteiger partial charge on any atom is 0.338 e. The fraction of sp³-hybridized carbons (Fsp3) is 0.250. The highest BCUT2D eigenvalue weighted by Gasteiger charge is 2.15. The van der Waals surface area contributed by atoms with Gasteiger partial charge in [0.05, 0.1) is 29.4 Å². The zero-order valence-electron chi connectivity index (χ0n) is 14.6. The number of benzene rings is 2. The quantitative estimate of drug-likeness (QED) is 0.510. The highest BCUT2D eigenvalue weighted by Crippen LogP contribution is 2.30. The van der Waals surface area contributed by atoms with Gasteiger partial charge in [0.2, 0.25) is 0 Å². The van der Waals surface area contributed by atoms with Crippen molar-refractivity contribution in [1.82, 2.24) is 9.55 Å². The van der Waals surface area contributed by atoms with Gasteiger partial charge in [0.15, 0.2) is 11.5 Å². The van der Waals surface area contributed by atoms with Gasteiger partial charge in [-0.15, -0.1) is 0 Å². The van der Waals surface area contributed by atoms with E-state index < -0.39 is 5.97 Å². The number of hydrogen-bond acceptors (Lipinski definition) is 6. The molecule has 27 heavy (non-hydrogen) atoms. The lowest BCUT2D eigenvalue weighted by Crippen LogP contribution is -2.21. The molecule has 1 aliphatic rings. The first kappa shape index (κ1) is 17.1. The first-order valence-corrected chi connectivity index (χ1v) is 8.73. The topological polar surface area (TPSA) is 79.7 Å². The van der Waals surface area contributed by atoms with E-state index in [9.17, 15) is 9.59 Å². The van der Waals surface area contributed by atoms with Crippen LogP contribution < -0.4 is 15.0 Å². The number of rotatable bonds is 5. The van der Waals surface area contributed by atoms with Gasteiger partial charge in [-0.2, -0.15) is 0 Å². The van der Waals surface area contributed by atoms with Gasteiger partial charge in [-0.1, -0.05) is 12.1 Å². The molecule has 0 atom stereocenters. The summed E-state index contributed by atoms with van der Waals surface area (Å²) in [4.78, 5) is 28.9. The molecule has 3 aromatic rings. The number of para-hydroxylation sites is 1. The third-order valence-corrected chi connectivity index (χ3v) is 4.29. The van der Waals surface area contributed by atoms with Crippen LogP contribution in [0, 0.1) is 0 Å². The SMILES string of the molecule is O=C(OCCCn1cnc2ccccc2c1=O)c1ccc2c(c1)OCCO2. The van der Waals surface area contributed by atoms with E-state index in [2.05, 4.69) is 4.98 Å². The van der Waals surface area contributed by atoms with Crippen molar-refractivity contribution in [3.8, 4) is 11.5 Å². The number of aryl methyl sites for hydroxylation is 1.